The fraction of sp³-hybridized carbons (Fsp3) is 0.889. The number of nitrogens with zero attached hydrogens (tertiary/aromatic N) is 1. The van der Waals surface area contributed by atoms with Crippen molar-refractivity contribution in [1.29, 1.82) is 0 Å². The smallest absolute Gasteiger partial charge is 0.234 e. The average molecular weight is 185 g/mol. The number of carbonyl (C=O) groups excluding carboxylic acids is 1. The minimum atomic E-state index is -0.263. The van der Waals surface area contributed by atoms with Crippen LogP contribution in [0.5, 0.6) is 0 Å². The third-order valence-corrected chi connectivity index (χ3v) is 2.88. The molecule has 0 bridgehead atoms. The van der Waals surface area contributed by atoms with Crippen molar-refractivity contribution in [3.05, 3.63) is 0 Å². The Labute approximate surface area is 79.3 Å². The molecule has 0 spiro atoms. The van der Waals surface area contributed by atoms with E-state index in [1.807, 2.05) is 6.92 Å². The molecule has 0 aromatic heterocycles. The number of likely N-dealkylation sites (tertiary alicyclic amines) is 1. The normalized spacial score (nSPS) is 32.8. The molecule has 1 fully saturated rings. The monoisotopic (exact) mass is 185 g/mol. The molecule has 1 aliphatic rings. The van der Waals surface area contributed by atoms with Gasteiger partial charge in [-0.25, -0.2) is 0 Å². The Bertz CT molecular complexity index is 195. The number of nitrogens with two attached hydrogens (primary N) is 2. The van der Waals surface area contributed by atoms with E-state index in [-0.39, 0.29) is 18.0 Å². The Kier molecular flexibility index (Phi) is 3.27. The highest BCUT2D eigenvalue weighted by molar-refractivity contribution is 5.79. The highest BCUT2D eigenvalue weighted by atomic mass is 16.1. The number of carbonyl (C=O) groups is 1. The predicted octanol–water partition coefficient (Wildman–Crippen LogP) is -0.328. The Morgan fingerprint density at radius 3 is 2.69 bits per heavy atom. The van der Waals surface area contributed by atoms with Gasteiger partial charge in [0.25, 0.3) is 0 Å². The summed E-state index contributed by atoms with van der Waals surface area (Å²) in [5.41, 5.74) is 11.1. The lowest BCUT2D eigenvalue weighted by Gasteiger charge is -2.39. The van der Waals surface area contributed by atoms with E-state index >= 15 is 0 Å². The first-order chi connectivity index (χ1) is 6.02. The summed E-state index contributed by atoms with van der Waals surface area (Å²) in [4.78, 5) is 13.1. The van der Waals surface area contributed by atoms with Gasteiger partial charge in [-0.15, -0.1) is 0 Å². The quantitative estimate of drug-likeness (QED) is 0.619. The molecule has 0 aromatic rings. The Hall–Kier alpha value is -0.610. The molecule has 0 aromatic carbocycles. The first-order valence-corrected chi connectivity index (χ1v) is 4.83. The molecule has 3 atom stereocenters. The molecule has 1 rings (SSSR count). The van der Waals surface area contributed by atoms with E-state index in [2.05, 4.69) is 11.8 Å². The third kappa shape index (κ3) is 2.42. The standard InChI is InChI=1S/C9H19N3O/c1-6-3-4-8(10)5-12(6)7(2)9(11)13/h6-8H,3-5,10H2,1-2H3,(H2,11,13). The second-order valence-electron chi connectivity index (χ2n) is 3.96. The zero-order valence-electron chi connectivity index (χ0n) is 8.36. The second-order valence-corrected chi connectivity index (χ2v) is 3.96. The van der Waals surface area contributed by atoms with Crippen molar-refractivity contribution in [1.82, 2.24) is 4.90 Å². The highest BCUT2D eigenvalue weighted by Gasteiger charge is 2.29. The van der Waals surface area contributed by atoms with Crippen LogP contribution in [0.15, 0.2) is 0 Å². The molecule has 1 saturated heterocycles. The minimum absolute atomic E-state index is 0.193. The van der Waals surface area contributed by atoms with E-state index in [1.54, 1.807) is 0 Å². The van der Waals surface area contributed by atoms with E-state index in [0.29, 0.717) is 6.04 Å². The van der Waals surface area contributed by atoms with Crippen molar-refractivity contribution in [3.63, 3.8) is 0 Å². The van der Waals surface area contributed by atoms with Gasteiger partial charge in [0.05, 0.1) is 6.04 Å². The van der Waals surface area contributed by atoms with Gasteiger partial charge in [-0.3, -0.25) is 9.69 Å². The molecule has 4 N–H and O–H groups in total. The van der Waals surface area contributed by atoms with Crippen molar-refractivity contribution in [2.45, 2.75) is 44.8 Å². The van der Waals surface area contributed by atoms with E-state index in [4.69, 9.17) is 11.5 Å². The first kappa shape index (κ1) is 10.5. The predicted molar refractivity (Wildman–Crippen MR) is 52.0 cm³/mol. The van der Waals surface area contributed by atoms with Crippen molar-refractivity contribution < 1.29 is 4.79 Å². The minimum Gasteiger partial charge on any atom is -0.368 e. The van der Waals surface area contributed by atoms with Crippen LogP contribution in [0.25, 0.3) is 0 Å². The topological polar surface area (TPSA) is 72.3 Å². The molecule has 1 aliphatic heterocycles. The van der Waals surface area contributed by atoms with Crippen LogP contribution in [0.1, 0.15) is 26.7 Å². The molecule has 3 unspecified atom stereocenters. The summed E-state index contributed by atoms with van der Waals surface area (Å²) < 4.78 is 0. The van der Waals surface area contributed by atoms with Crippen LogP contribution in [-0.2, 0) is 4.79 Å². The van der Waals surface area contributed by atoms with Gasteiger partial charge in [0.15, 0.2) is 0 Å². The highest BCUT2D eigenvalue weighted by Crippen LogP contribution is 2.18. The van der Waals surface area contributed by atoms with Gasteiger partial charge in [0.1, 0.15) is 0 Å². The summed E-state index contributed by atoms with van der Waals surface area (Å²) in [6, 6.07) is 0.418. The average Bonchev–Trinajstić information content (AvgIpc) is 2.08. The summed E-state index contributed by atoms with van der Waals surface area (Å²) in [5, 5.41) is 0. The fourth-order valence-electron chi connectivity index (χ4n) is 1.87. The first-order valence-electron chi connectivity index (χ1n) is 4.83. The Morgan fingerprint density at radius 1 is 1.54 bits per heavy atom. The molecule has 4 heteroatoms. The molecule has 0 aliphatic carbocycles. The lowest BCUT2D eigenvalue weighted by Crippen LogP contribution is -2.54. The zero-order chi connectivity index (χ0) is 10.0. The Balaban J connectivity index is 2.60. The summed E-state index contributed by atoms with van der Waals surface area (Å²) in [5.74, 6) is -0.263. The van der Waals surface area contributed by atoms with Gasteiger partial charge in [-0.1, -0.05) is 0 Å². The van der Waals surface area contributed by atoms with Crippen molar-refractivity contribution >= 4 is 5.91 Å². The number of amides is 1. The largest absolute Gasteiger partial charge is 0.368 e. The van der Waals surface area contributed by atoms with Gasteiger partial charge >= 0.3 is 0 Å². The summed E-state index contributed by atoms with van der Waals surface area (Å²) in [6.45, 7) is 4.74. The maximum Gasteiger partial charge on any atom is 0.234 e. The second kappa shape index (κ2) is 4.07. The molecule has 0 saturated carbocycles. The molecular weight excluding hydrogens is 166 g/mol. The van der Waals surface area contributed by atoms with E-state index in [0.717, 1.165) is 19.4 Å². The Morgan fingerprint density at radius 2 is 2.15 bits per heavy atom. The van der Waals surface area contributed by atoms with Gasteiger partial charge < -0.3 is 11.5 Å². The molecule has 1 heterocycles. The fourth-order valence-corrected chi connectivity index (χ4v) is 1.87. The molecule has 4 nitrogen and oxygen atoms in total. The van der Waals surface area contributed by atoms with Gasteiger partial charge in [-0.05, 0) is 26.7 Å². The van der Waals surface area contributed by atoms with Crippen molar-refractivity contribution in [2.75, 3.05) is 6.54 Å². The van der Waals surface area contributed by atoms with Crippen LogP contribution >= 0.6 is 0 Å². The number of hydrogen-bond donors (Lipinski definition) is 2. The van der Waals surface area contributed by atoms with Gasteiger partial charge in [0.2, 0.25) is 5.91 Å². The number of piperidine rings is 1. The van der Waals surface area contributed by atoms with Gasteiger partial charge in [-0.2, -0.15) is 0 Å². The lowest BCUT2D eigenvalue weighted by atomic mass is 9.98. The molecule has 13 heavy (non-hydrogen) atoms. The maximum absolute atomic E-state index is 11.0. The van der Waals surface area contributed by atoms with Gasteiger partial charge in [0, 0.05) is 18.6 Å². The van der Waals surface area contributed by atoms with Crippen molar-refractivity contribution in [2.24, 2.45) is 11.5 Å². The zero-order valence-corrected chi connectivity index (χ0v) is 8.36. The number of primary amides is 1. The van der Waals surface area contributed by atoms with Crippen LogP contribution in [0.3, 0.4) is 0 Å². The van der Waals surface area contributed by atoms with Crippen LogP contribution in [0.4, 0.5) is 0 Å². The van der Waals surface area contributed by atoms with E-state index in [9.17, 15) is 4.79 Å². The molecule has 1 amide bonds. The van der Waals surface area contributed by atoms with E-state index < -0.39 is 0 Å². The van der Waals surface area contributed by atoms with E-state index in [1.165, 1.54) is 0 Å². The van der Waals surface area contributed by atoms with Crippen LogP contribution in [-0.4, -0.2) is 35.5 Å². The van der Waals surface area contributed by atoms with Crippen LogP contribution in [0.2, 0.25) is 0 Å². The number of hydrogen-bond acceptors (Lipinski definition) is 3. The molecule has 0 radical (unpaired) electrons. The third-order valence-electron chi connectivity index (χ3n) is 2.88. The molecular formula is C9H19N3O. The number of rotatable bonds is 2. The molecule has 76 valence electrons. The summed E-state index contributed by atoms with van der Waals surface area (Å²) in [7, 11) is 0. The maximum atomic E-state index is 11.0. The SMILES string of the molecule is CC1CCC(N)CN1C(C)C(N)=O. The van der Waals surface area contributed by atoms with Crippen LogP contribution < -0.4 is 11.5 Å². The summed E-state index contributed by atoms with van der Waals surface area (Å²) >= 11 is 0. The lowest BCUT2D eigenvalue weighted by molar-refractivity contribution is -0.124. The van der Waals surface area contributed by atoms with Crippen molar-refractivity contribution in [3.8, 4) is 0 Å². The van der Waals surface area contributed by atoms with Crippen LogP contribution in [0, 0.1) is 0 Å². The summed E-state index contributed by atoms with van der Waals surface area (Å²) in [6.07, 6.45) is 2.10.